The van der Waals surface area contributed by atoms with Crippen molar-refractivity contribution in [2.24, 2.45) is 0 Å². The summed E-state index contributed by atoms with van der Waals surface area (Å²) in [4.78, 5) is 19.6. The molecule has 4 heteroatoms. The van der Waals surface area contributed by atoms with Gasteiger partial charge in [-0.25, -0.2) is 0 Å². The van der Waals surface area contributed by atoms with Crippen molar-refractivity contribution in [3.63, 3.8) is 0 Å². The lowest BCUT2D eigenvalue weighted by molar-refractivity contribution is 0.373. The summed E-state index contributed by atoms with van der Waals surface area (Å²) in [5, 5.41) is 0. The van der Waals surface area contributed by atoms with Gasteiger partial charge in [0, 0.05) is 5.56 Å². The van der Waals surface area contributed by atoms with Gasteiger partial charge in [0.05, 0.1) is 0 Å². The van der Waals surface area contributed by atoms with Crippen LogP contribution in [0.2, 0.25) is 0 Å². The predicted molar refractivity (Wildman–Crippen MR) is 145 cm³/mol. The van der Waals surface area contributed by atoms with Crippen molar-refractivity contribution in [1.82, 2.24) is 0 Å². The smallest absolute Gasteiger partial charge is 0.391 e. The first kappa shape index (κ1) is 26.4. The summed E-state index contributed by atoms with van der Waals surface area (Å²) in [6.45, 7) is 8.77. The molecule has 3 rings (SSSR count). The highest BCUT2D eigenvalue weighted by molar-refractivity contribution is 7.39. The van der Waals surface area contributed by atoms with Crippen LogP contribution in [0.4, 0.5) is 0 Å². The Bertz CT molecular complexity index is 1040. The summed E-state index contributed by atoms with van der Waals surface area (Å²) in [5.74, 6) is 0.582. The zero-order chi connectivity index (χ0) is 24.5. The van der Waals surface area contributed by atoms with Crippen LogP contribution < -0.4 is 4.52 Å². The third-order valence-corrected chi connectivity index (χ3v) is 6.63. The van der Waals surface area contributed by atoms with Gasteiger partial charge < -0.3 is 14.3 Å². The van der Waals surface area contributed by atoms with Gasteiger partial charge in [0.1, 0.15) is 5.75 Å². The van der Waals surface area contributed by atoms with Crippen molar-refractivity contribution in [3.8, 4) is 28.0 Å². The van der Waals surface area contributed by atoms with Crippen LogP contribution in [0, 0.1) is 0 Å². The highest BCUT2D eigenvalue weighted by Crippen LogP contribution is 2.45. The van der Waals surface area contributed by atoms with Gasteiger partial charge in [-0.2, -0.15) is 0 Å². The average Bonchev–Trinajstić information content (AvgIpc) is 2.82. The Morgan fingerprint density at radius 1 is 0.618 bits per heavy atom. The molecular formula is C30H39O3P. The number of hydrogen-bond donors (Lipinski definition) is 2. The Labute approximate surface area is 206 Å². The fourth-order valence-corrected chi connectivity index (χ4v) is 5.13. The first-order chi connectivity index (χ1) is 16.5. The fraction of sp³-hybridized carbons (Fsp3) is 0.400. The molecule has 0 bridgehead atoms. The normalized spacial score (nSPS) is 11.3. The maximum Gasteiger partial charge on any atom is 0.391 e. The highest BCUT2D eigenvalue weighted by atomic mass is 31.2. The quantitative estimate of drug-likeness (QED) is 0.257. The number of hydrogen-bond acceptors (Lipinski definition) is 3. The molecule has 34 heavy (non-hydrogen) atoms. The Morgan fingerprint density at radius 3 is 1.56 bits per heavy atom. The average molecular weight is 479 g/mol. The topological polar surface area (TPSA) is 49.7 Å². The molecule has 0 saturated heterocycles. The van der Waals surface area contributed by atoms with Crippen molar-refractivity contribution < 1.29 is 14.3 Å². The molecule has 0 radical (unpaired) electrons. The molecule has 0 amide bonds. The van der Waals surface area contributed by atoms with Crippen LogP contribution in [0.5, 0.6) is 5.75 Å². The van der Waals surface area contributed by atoms with Crippen molar-refractivity contribution in [1.29, 1.82) is 0 Å². The third kappa shape index (κ3) is 6.48. The van der Waals surface area contributed by atoms with E-state index < -0.39 is 8.60 Å². The Morgan fingerprint density at radius 2 is 1.09 bits per heavy atom. The monoisotopic (exact) mass is 478 g/mol. The molecule has 3 nitrogen and oxygen atoms in total. The molecule has 0 saturated carbocycles. The molecule has 0 heterocycles. The van der Waals surface area contributed by atoms with E-state index in [-0.39, 0.29) is 0 Å². The predicted octanol–water partition coefficient (Wildman–Crippen LogP) is 8.42. The van der Waals surface area contributed by atoms with Gasteiger partial charge in [-0.3, -0.25) is 0 Å². The summed E-state index contributed by atoms with van der Waals surface area (Å²) < 4.78 is 5.66. The Hall–Kier alpha value is -2.19. The fourth-order valence-electron chi connectivity index (χ4n) is 4.80. The molecule has 0 unspecified atom stereocenters. The van der Waals surface area contributed by atoms with E-state index >= 15 is 0 Å². The van der Waals surface area contributed by atoms with Gasteiger partial charge in [0.25, 0.3) is 0 Å². The van der Waals surface area contributed by atoms with E-state index in [9.17, 15) is 9.79 Å². The van der Waals surface area contributed by atoms with E-state index in [2.05, 4.69) is 76.2 Å². The summed E-state index contributed by atoms with van der Waals surface area (Å²) in [7, 11) is -2.50. The minimum atomic E-state index is -2.50. The zero-order valence-corrected chi connectivity index (χ0v) is 22.0. The molecule has 3 aromatic carbocycles. The largest absolute Gasteiger partial charge is 0.427 e. The lowest BCUT2D eigenvalue weighted by Crippen LogP contribution is -2.03. The van der Waals surface area contributed by atoms with Gasteiger partial charge in [-0.05, 0) is 70.7 Å². The van der Waals surface area contributed by atoms with Crippen LogP contribution >= 0.6 is 8.60 Å². The van der Waals surface area contributed by atoms with Crippen LogP contribution in [-0.2, 0) is 25.7 Å². The van der Waals surface area contributed by atoms with Gasteiger partial charge in [-0.1, -0.05) is 102 Å². The van der Waals surface area contributed by atoms with Crippen LogP contribution in [-0.4, -0.2) is 9.79 Å². The first-order valence-corrected chi connectivity index (χ1v) is 13.9. The Balaban J connectivity index is 2.28. The van der Waals surface area contributed by atoms with Crippen molar-refractivity contribution >= 4 is 8.60 Å². The SMILES string of the molecule is CCCc1ccc(-c2cc(OP(O)O)c(CCC)c(-c3ccc(CCC)cc3)c2CCC)cc1. The molecule has 0 aromatic heterocycles. The minimum Gasteiger partial charge on any atom is -0.427 e. The molecule has 0 aliphatic carbocycles. The van der Waals surface area contributed by atoms with E-state index in [1.807, 2.05) is 6.07 Å². The van der Waals surface area contributed by atoms with Crippen LogP contribution in [0.15, 0.2) is 54.6 Å². The first-order valence-electron chi connectivity index (χ1n) is 12.7. The molecule has 0 aliphatic heterocycles. The van der Waals surface area contributed by atoms with Crippen molar-refractivity contribution in [2.75, 3.05) is 0 Å². The minimum absolute atomic E-state index is 0.582. The molecule has 0 aliphatic rings. The van der Waals surface area contributed by atoms with Crippen LogP contribution in [0.1, 0.15) is 75.6 Å². The van der Waals surface area contributed by atoms with Gasteiger partial charge in [-0.15, -0.1) is 0 Å². The summed E-state index contributed by atoms with van der Waals surface area (Å²) in [6.07, 6.45) is 8.13. The second-order valence-electron chi connectivity index (χ2n) is 8.99. The molecule has 0 fully saturated rings. The molecular weight excluding hydrogens is 439 g/mol. The number of benzene rings is 3. The van der Waals surface area contributed by atoms with Crippen molar-refractivity contribution in [3.05, 3.63) is 76.9 Å². The second-order valence-corrected chi connectivity index (χ2v) is 9.68. The molecule has 0 atom stereocenters. The second kappa shape index (κ2) is 13.0. The van der Waals surface area contributed by atoms with Crippen molar-refractivity contribution in [2.45, 2.75) is 79.1 Å². The standard InChI is InChI=1S/C30H39O3P/c1-5-9-22-13-17-24(18-14-22)28-21-29(33-34(31)32)27(12-8-4)30(26(28)11-7-3)25-19-15-23(10-6-2)16-20-25/h13-21,31-32H,5-12H2,1-4H3. The Kier molecular flexibility index (Phi) is 10.1. The lowest BCUT2D eigenvalue weighted by atomic mass is 9.84. The number of rotatable bonds is 12. The summed E-state index contributed by atoms with van der Waals surface area (Å²) >= 11 is 0. The van der Waals surface area contributed by atoms with Gasteiger partial charge >= 0.3 is 8.60 Å². The van der Waals surface area contributed by atoms with E-state index in [0.717, 1.165) is 68.1 Å². The third-order valence-electron chi connectivity index (χ3n) is 6.27. The van der Waals surface area contributed by atoms with Crippen LogP contribution in [0.25, 0.3) is 22.3 Å². The van der Waals surface area contributed by atoms with E-state index in [0.29, 0.717) is 5.75 Å². The van der Waals surface area contributed by atoms with Gasteiger partial charge in [0.2, 0.25) is 0 Å². The maximum absolute atomic E-state index is 9.78. The summed E-state index contributed by atoms with van der Waals surface area (Å²) in [5.41, 5.74) is 9.66. The highest BCUT2D eigenvalue weighted by Gasteiger charge is 2.22. The van der Waals surface area contributed by atoms with E-state index in [1.54, 1.807) is 0 Å². The maximum atomic E-state index is 9.78. The van der Waals surface area contributed by atoms with E-state index in [1.165, 1.54) is 27.8 Å². The molecule has 2 N–H and O–H groups in total. The number of aryl methyl sites for hydroxylation is 2. The van der Waals surface area contributed by atoms with E-state index in [4.69, 9.17) is 4.52 Å². The lowest BCUT2D eigenvalue weighted by Gasteiger charge is -2.23. The molecule has 3 aromatic rings. The molecule has 0 spiro atoms. The molecule has 182 valence electrons. The zero-order valence-electron chi connectivity index (χ0n) is 21.1. The van der Waals surface area contributed by atoms with Gasteiger partial charge in [0.15, 0.2) is 0 Å². The van der Waals surface area contributed by atoms with Crippen LogP contribution in [0.3, 0.4) is 0 Å². The summed E-state index contributed by atoms with van der Waals surface area (Å²) in [6, 6.07) is 19.7.